The molecule has 8 aromatic carbocycles. The molecule has 0 bridgehead atoms. The molecule has 3 heterocycles. The van der Waals surface area contributed by atoms with E-state index in [1.54, 1.807) is 0 Å². The number of aromatic nitrogens is 3. The summed E-state index contributed by atoms with van der Waals surface area (Å²) in [4.78, 5) is 4.00. The molecule has 0 fully saturated rings. The van der Waals surface area contributed by atoms with Crippen molar-refractivity contribution in [2.24, 2.45) is 0 Å². The molecule has 0 spiro atoms. The van der Waals surface area contributed by atoms with Gasteiger partial charge in [-0.25, -0.2) is 4.85 Å². The van der Waals surface area contributed by atoms with Gasteiger partial charge in [0, 0.05) is 43.6 Å². The van der Waals surface area contributed by atoms with Crippen molar-refractivity contribution in [3.8, 4) is 34.3 Å². The van der Waals surface area contributed by atoms with Crippen LogP contribution in [-0.4, -0.2) is 13.7 Å². The van der Waals surface area contributed by atoms with Crippen LogP contribution in [0.4, 0.5) is 5.69 Å². The first kappa shape index (κ1) is 30.7. The summed E-state index contributed by atoms with van der Waals surface area (Å²) in [7, 11) is 0. The maximum atomic E-state index is 9.82. The molecule has 11 aromatic rings. The third kappa shape index (κ3) is 4.45. The molecule has 0 atom stereocenters. The minimum Gasteiger partial charge on any atom is -0.310 e. The Morgan fingerprint density at radius 3 is 1.64 bits per heavy atom. The first-order chi connectivity index (χ1) is 27.2. The van der Waals surface area contributed by atoms with Crippen molar-refractivity contribution in [2.75, 3.05) is 0 Å². The molecule has 254 valence electrons. The quantitative estimate of drug-likeness (QED) is 0.169. The summed E-state index contributed by atoms with van der Waals surface area (Å²) in [5.41, 5.74) is 12.7. The van der Waals surface area contributed by atoms with E-state index in [2.05, 4.69) is 176 Å². The molecular formula is C50H29N5. The number of benzene rings is 8. The Morgan fingerprint density at radius 2 is 0.964 bits per heavy atom. The SMILES string of the molecule is [C-]#[N+]c1cc(-c2ccccc2-n2c3ccccc3c3cccc(-n4c5ccccc5c5cc(C#N)ccc54)c32)cc(-n2c3ccccc3c3ccccc32)c1. The lowest BCUT2D eigenvalue weighted by atomic mass is 10.0. The van der Waals surface area contributed by atoms with Gasteiger partial charge in [0.05, 0.1) is 62.7 Å². The van der Waals surface area contributed by atoms with Crippen LogP contribution in [0, 0.1) is 17.9 Å². The van der Waals surface area contributed by atoms with Gasteiger partial charge in [-0.3, -0.25) is 0 Å². The molecular weight excluding hydrogens is 671 g/mol. The van der Waals surface area contributed by atoms with Crippen LogP contribution in [-0.2, 0) is 0 Å². The zero-order valence-corrected chi connectivity index (χ0v) is 29.5. The summed E-state index contributed by atoms with van der Waals surface area (Å²) in [6, 6.07) is 63.6. The summed E-state index contributed by atoms with van der Waals surface area (Å²) in [5.74, 6) is 0. The van der Waals surface area contributed by atoms with Crippen LogP contribution in [0.2, 0.25) is 0 Å². The van der Waals surface area contributed by atoms with E-state index in [0.29, 0.717) is 11.3 Å². The van der Waals surface area contributed by atoms with Crippen LogP contribution in [0.15, 0.2) is 176 Å². The summed E-state index contributed by atoms with van der Waals surface area (Å²) < 4.78 is 7.01. The zero-order valence-electron chi connectivity index (χ0n) is 29.5. The number of rotatable bonds is 4. The number of hydrogen-bond donors (Lipinski definition) is 0. The van der Waals surface area contributed by atoms with Crippen LogP contribution in [0.3, 0.4) is 0 Å². The van der Waals surface area contributed by atoms with Crippen molar-refractivity contribution in [2.45, 2.75) is 0 Å². The molecule has 0 N–H and O–H groups in total. The van der Waals surface area contributed by atoms with E-state index < -0.39 is 0 Å². The van der Waals surface area contributed by atoms with Gasteiger partial charge in [-0.1, -0.05) is 103 Å². The minimum atomic E-state index is 0.578. The smallest absolute Gasteiger partial charge is 0.189 e. The molecule has 5 heteroatoms. The fourth-order valence-electron chi connectivity index (χ4n) is 8.79. The fourth-order valence-corrected chi connectivity index (χ4v) is 8.79. The van der Waals surface area contributed by atoms with Crippen LogP contribution in [0.5, 0.6) is 0 Å². The second kappa shape index (κ2) is 11.8. The first-order valence-corrected chi connectivity index (χ1v) is 18.3. The maximum absolute atomic E-state index is 9.82. The molecule has 0 amide bonds. The Hall–Kier alpha value is -7.86. The Balaban J connectivity index is 1.22. The van der Waals surface area contributed by atoms with Crippen LogP contribution < -0.4 is 0 Å². The van der Waals surface area contributed by atoms with Crippen molar-refractivity contribution >= 4 is 71.1 Å². The highest BCUT2D eigenvalue weighted by atomic mass is 15.1. The number of hydrogen-bond acceptors (Lipinski definition) is 1. The average Bonchev–Trinajstić information content (AvgIpc) is 3.89. The standard InChI is InChI=1S/C50H29N5/c1-52-34-28-33(29-35(30-34)53-44-20-8-3-14-37(44)38-15-4-9-21-45(38)53)36-13-2-7-19-43(36)55-47-23-11-5-16-39(47)41-18-12-24-49(50(41)55)54-46-22-10-6-17-40(46)42-27-32(31-51)25-26-48(42)54/h2-30H. The van der Waals surface area contributed by atoms with E-state index in [4.69, 9.17) is 6.57 Å². The average molecular weight is 700 g/mol. The third-order valence-electron chi connectivity index (χ3n) is 11.0. The lowest BCUT2D eigenvalue weighted by molar-refractivity contribution is 1.13. The molecule has 0 saturated carbocycles. The van der Waals surface area contributed by atoms with Gasteiger partial charge in [-0.2, -0.15) is 5.26 Å². The molecule has 3 aromatic heterocycles. The van der Waals surface area contributed by atoms with Crippen LogP contribution in [0.25, 0.3) is 98.5 Å². The topological polar surface area (TPSA) is 42.9 Å². The Morgan fingerprint density at radius 1 is 0.436 bits per heavy atom. The molecule has 0 radical (unpaired) electrons. The van der Waals surface area contributed by atoms with E-state index in [-0.39, 0.29) is 0 Å². The lowest BCUT2D eigenvalue weighted by Gasteiger charge is -2.18. The number of nitriles is 1. The molecule has 0 unspecified atom stereocenters. The Kier molecular flexibility index (Phi) is 6.61. The molecule has 0 aliphatic carbocycles. The van der Waals surface area contributed by atoms with Gasteiger partial charge >= 0.3 is 0 Å². The van der Waals surface area contributed by atoms with Gasteiger partial charge in [0.15, 0.2) is 5.69 Å². The number of fused-ring (bicyclic) bond motifs is 9. The van der Waals surface area contributed by atoms with E-state index in [0.717, 1.165) is 82.8 Å². The van der Waals surface area contributed by atoms with Crippen molar-refractivity contribution < 1.29 is 0 Å². The van der Waals surface area contributed by atoms with Crippen LogP contribution >= 0.6 is 0 Å². The molecule has 11 rings (SSSR count). The van der Waals surface area contributed by atoms with Gasteiger partial charge in [0.25, 0.3) is 0 Å². The van der Waals surface area contributed by atoms with Gasteiger partial charge < -0.3 is 13.7 Å². The van der Waals surface area contributed by atoms with E-state index >= 15 is 0 Å². The van der Waals surface area contributed by atoms with Crippen LogP contribution in [0.1, 0.15) is 5.56 Å². The predicted molar refractivity (Wildman–Crippen MR) is 226 cm³/mol. The van der Waals surface area contributed by atoms with Crippen molar-refractivity contribution in [3.05, 3.63) is 193 Å². The van der Waals surface area contributed by atoms with Gasteiger partial charge in [-0.15, -0.1) is 0 Å². The van der Waals surface area contributed by atoms with Gasteiger partial charge in [-0.05, 0) is 78.4 Å². The van der Waals surface area contributed by atoms with Crippen molar-refractivity contribution in [1.29, 1.82) is 5.26 Å². The third-order valence-corrected chi connectivity index (χ3v) is 11.0. The Bertz CT molecular complexity index is 3420. The van der Waals surface area contributed by atoms with E-state index in [9.17, 15) is 5.26 Å². The summed E-state index contributed by atoms with van der Waals surface area (Å²) in [5, 5.41) is 16.6. The second-order valence-electron chi connectivity index (χ2n) is 14.0. The normalized spacial score (nSPS) is 11.6. The maximum Gasteiger partial charge on any atom is 0.189 e. The summed E-state index contributed by atoms with van der Waals surface area (Å²) in [6.07, 6.45) is 0. The van der Waals surface area contributed by atoms with Gasteiger partial charge in [0.2, 0.25) is 0 Å². The molecule has 0 saturated heterocycles. The summed E-state index contributed by atoms with van der Waals surface area (Å²) in [6.45, 7) is 8.22. The lowest BCUT2D eigenvalue weighted by Crippen LogP contribution is -2.02. The highest BCUT2D eigenvalue weighted by Crippen LogP contribution is 2.43. The van der Waals surface area contributed by atoms with Gasteiger partial charge in [0.1, 0.15) is 0 Å². The molecule has 0 aliphatic rings. The summed E-state index contributed by atoms with van der Waals surface area (Å²) >= 11 is 0. The molecule has 55 heavy (non-hydrogen) atoms. The zero-order chi connectivity index (χ0) is 36.6. The van der Waals surface area contributed by atoms with E-state index in [1.165, 1.54) is 10.8 Å². The highest BCUT2D eigenvalue weighted by Gasteiger charge is 2.22. The minimum absolute atomic E-state index is 0.578. The fraction of sp³-hybridized carbons (Fsp3) is 0. The second-order valence-corrected chi connectivity index (χ2v) is 14.0. The highest BCUT2D eigenvalue weighted by molar-refractivity contribution is 6.15. The first-order valence-electron chi connectivity index (χ1n) is 18.3. The van der Waals surface area contributed by atoms with E-state index in [1.807, 2.05) is 24.3 Å². The predicted octanol–water partition coefficient (Wildman–Crippen LogP) is 13.1. The van der Waals surface area contributed by atoms with Crippen molar-refractivity contribution in [1.82, 2.24) is 13.7 Å². The monoisotopic (exact) mass is 699 g/mol. The molecule has 5 nitrogen and oxygen atoms in total. The molecule has 0 aliphatic heterocycles. The Labute approximate surface area is 316 Å². The van der Waals surface area contributed by atoms with Crippen molar-refractivity contribution in [3.63, 3.8) is 0 Å². The largest absolute Gasteiger partial charge is 0.310 e. The number of nitrogens with zero attached hydrogens (tertiary/aromatic N) is 5. The number of para-hydroxylation sites is 6.